The number of esters is 1. The van der Waals surface area contributed by atoms with Crippen LogP contribution in [-0.2, 0) is 53.8 Å². The molecule has 65 heavy (non-hydrogen) atoms. The summed E-state index contributed by atoms with van der Waals surface area (Å²) in [5.41, 5.74) is 0.844. The van der Waals surface area contributed by atoms with Gasteiger partial charge in [-0.2, -0.15) is 0 Å². The molecule has 4 fully saturated rings. The zero-order valence-electron chi connectivity index (χ0n) is 34.9. The number of hydrogen-bond acceptors (Lipinski definition) is 24. The number of hydrogen-bond donors (Lipinski definition) is 13. The van der Waals surface area contributed by atoms with Gasteiger partial charge in [0, 0.05) is 6.08 Å². The molecule has 0 aromatic heterocycles. The fourth-order valence-corrected chi connectivity index (χ4v) is 7.48. The van der Waals surface area contributed by atoms with Gasteiger partial charge in [0.05, 0.1) is 39.6 Å². The normalized spacial score (nSPS) is 39.0. The average molecular weight is 933 g/mol. The predicted octanol–water partition coefficient (Wildman–Crippen LogP) is -4.43. The van der Waals surface area contributed by atoms with E-state index in [4.69, 9.17) is 47.4 Å². The Morgan fingerprint density at radius 1 is 0.677 bits per heavy atom. The number of benzene rings is 2. The molecule has 0 unspecified atom stereocenters. The smallest absolute Gasteiger partial charge is 0.331 e. The van der Waals surface area contributed by atoms with Gasteiger partial charge in [0.1, 0.15) is 79.4 Å². The third-order valence-corrected chi connectivity index (χ3v) is 11.3. The van der Waals surface area contributed by atoms with Crippen LogP contribution in [0, 0.1) is 0 Å². The summed E-state index contributed by atoms with van der Waals surface area (Å²) in [6.07, 6.45) is -30.4. The first-order valence-electron chi connectivity index (χ1n) is 20.5. The number of phenols is 3. The first-order valence-corrected chi connectivity index (χ1v) is 20.5. The highest BCUT2D eigenvalue weighted by Crippen LogP contribution is 2.35. The summed E-state index contributed by atoms with van der Waals surface area (Å²) >= 11 is 0. The highest BCUT2D eigenvalue weighted by molar-refractivity contribution is 5.87. The Morgan fingerprint density at radius 3 is 2.06 bits per heavy atom. The van der Waals surface area contributed by atoms with Gasteiger partial charge in [-0.25, -0.2) is 4.79 Å². The monoisotopic (exact) mass is 932 g/mol. The highest BCUT2D eigenvalue weighted by Gasteiger charge is 2.55. The van der Waals surface area contributed by atoms with E-state index in [-0.39, 0.29) is 30.3 Å². The van der Waals surface area contributed by atoms with Crippen molar-refractivity contribution >= 4 is 12.0 Å². The molecule has 4 aliphatic rings. The number of ether oxygens (including phenoxy) is 10. The number of phenolic OH excluding ortho intramolecular Hbond substituents is 3. The maximum atomic E-state index is 13.7. The van der Waals surface area contributed by atoms with Gasteiger partial charge < -0.3 is 114 Å². The lowest BCUT2D eigenvalue weighted by Gasteiger charge is -2.48. The fraction of sp³-hybridized carbons (Fsp3) is 0.634. The van der Waals surface area contributed by atoms with Gasteiger partial charge in [-0.15, -0.1) is 0 Å². The molecule has 4 aliphatic heterocycles. The predicted molar refractivity (Wildman–Crippen MR) is 211 cm³/mol. The molecule has 19 atom stereocenters. The molecule has 0 spiro atoms. The lowest BCUT2D eigenvalue weighted by Crippen LogP contribution is -2.66. The van der Waals surface area contributed by atoms with E-state index in [2.05, 4.69) is 0 Å². The molecule has 2 aromatic carbocycles. The molecule has 6 rings (SSSR count). The van der Waals surface area contributed by atoms with Crippen LogP contribution in [0.5, 0.6) is 23.0 Å². The third-order valence-electron chi connectivity index (χ3n) is 11.3. The average Bonchev–Trinajstić information content (AvgIpc) is 3.28. The van der Waals surface area contributed by atoms with E-state index in [0.29, 0.717) is 11.1 Å². The lowest BCUT2D eigenvalue weighted by molar-refractivity contribution is -0.383. The Labute approximate surface area is 370 Å². The van der Waals surface area contributed by atoms with Crippen molar-refractivity contribution in [2.24, 2.45) is 0 Å². The molecule has 4 saturated heterocycles. The van der Waals surface area contributed by atoms with Crippen LogP contribution in [0.4, 0.5) is 0 Å². The Bertz CT molecular complexity index is 1880. The number of aliphatic hydroxyl groups is 10. The summed E-state index contributed by atoms with van der Waals surface area (Å²) in [7, 11) is 1.32. The van der Waals surface area contributed by atoms with E-state index in [1.54, 1.807) is 0 Å². The number of carbonyl (C=O) groups excluding carboxylic acids is 1. The molecule has 0 amide bonds. The van der Waals surface area contributed by atoms with Crippen LogP contribution in [0.25, 0.3) is 6.08 Å². The highest BCUT2D eigenvalue weighted by atomic mass is 16.8. The van der Waals surface area contributed by atoms with Gasteiger partial charge in [-0.3, -0.25) is 0 Å². The largest absolute Gasteiger partial charge is 0.504 e. The zero-order chi connectivity index (χ0) is 47.3. The van der Waals surface area contributed by atoms with Gasteiger partial charge in [-0.1, -0.05) is 12.1 Å². The molecule has 364 valence electrons. The molecule has 0 bridgehead atoms. The zero-order valence-corrected chi connectivity index (χ0v) is 34.9. The van der Waals surface area contributed by atoms with Gasteiger partial charge in [0.15, 0.2) is 54.3 Å². The summed E-state index contributed by atoms with van der Waals surface area (Å²) in [6, 6.07) is 8.17. The van der Waals surface area contributed by atoms with Crippen LogP contribution in [0.15, 0.2) is 42.5 Å². The van der Waals surface area contributed by atoms with Crippen LogP contribution in [-0.4, -0.2) is 223 Å². The molecule has 24 heteroatoms. The van der Waals surface area contributed by atoms with Crippen molar-refractivity contribution in [1.29, 1.82) is 0 Å². The van der Waals surface area contributed by atoms with Gasteiger partial charge >= 0.3 is 5.97 Å². The SMILES string of the molecule is COc1cc(/C=C/C(=O)O[C@@H]2[C@@H](O[C@@H]3O[C@H](C)[C@@H](O)[C@H](O)[C@H]3O[C@H]3OC[C@H](O)[C@@H](O)[C@@H]3O)[C@H](O)[C@@H](OCCc3ccc(O)c(O)c3)O[C@H]2CO[C@H]2O[C@@H](CO)[C@H](O)[C@@H](O)[C@@H]2O)ccc1O. The molecule has 0 saturated carbocycles. The summed E-state index contributed by atoms with van der Waals surface area (Å²) in [6.45, 7) is -0.924. The van der Waals surface area contributed by atoms with Gasteiger partial charge in [0.25, 0.3) is 0 Å². The minimum Gasteiger partial charge on any atom is -0.504 e. The number of methoxy groups -OCH3 is 1. The van der Waals surface area contributed by atoms with E-state index < -0.39 is 148 Å². The van der Waals surface area contributed by atoms with E-state index in [1.807, 2.05) is 0 Å². The number of aromatic hydroxyl groups is 3. The molecular weight excluding hydrogens is 876 g/mol. The second-order valence-corrected chi connectivity index (χ2v) is 15.8. The van der Waals surface area contributed by atoms with Crippen molar-refractivity contribution < 1.29 is 119 Å². The van der Waals surface area contributed by atoms with E-state index >= 15 is 0 Å². The van der Waals surface area contributed by atoms with Crippen molar-refractivity contribution in [2.45, 2.75) is 130 Å². The molecule has 0 radical (unpaired) electrons. The quantitative estimate of drug-likeness (QED) is 0.0429. The Kier molecular flexibility index (Phi) is 17.3. The number of aliphatic hydroxyl groups excluding tert-OH is 10. The van der Waals surface area contributed by atoms with Crippen molar-refractivity contribution in [3.05, 3.63) is 53.6 Å². The first kappa shape index (κ1) is 50.5. The Hall–Kier alpha value is -3.87. The van der Waals surface area contributed by atoms with Gasteiger partial charge in [-0.05, 0) is 54.8 Å². The van der Waals surface area contributed by atoms with Crippen LogP contribution < -0.4 is 4.74 Å². The molecule has 4 heterocycles. The molecule has 24 nitrogen and oxygen atoms in total. The van der Waals surface area contributed by atoms with E-state index in [9.17, 15) is 71.2 Å². The molecule has 2 aromatic rings. The van der Waals surface area contributed by atoms with Crippen molar-refractivity contribution in [2.75, 3.05) is 33.5 Å². The minimum absolute atomic E-state index is 0.0662. The second-order valence-electron chi connectivity index (χ2n) is 15.8. The van der Waals surface area contributed by atoms with Gasteiger partial charge in [0.2, 0.25) is 0 Å². The van der Waals surface area contributed by atoms with Crippen molar-refractivity contribution in [1.82, 2.24) is 0 Å². The maximum absolute atomic E-state index is 13.7. The topological polar surface area (TPSA) is 372 Å². The summed E-state index contributed by atoms with van der Waals surface area (Å²) in [5.74, 6) is -1.99. The van der Waals surface area contributed by atoms with E-state index in [0.717, 1.165) is 6.08 Å². The van der Waals surface area contributed by atoms with E-state index in [1.165, 1.54) is 56.5 Å². The second kappa shape index (κ2) is 22.3. The van der Waals surface area contributed by atoms with Crippen LogP contribution >= 0.6 is 0 Å². The first-order chi connectivity index (χ1) is 30.9. The van der Waals surface area contributed by atoms with Crippen LogP contribution in [0.1, 0.15) is 18.1 Å². The van der Waals surface area contributed by atoms with Crippen molar-refractivity contribution in [3.63, 3.8) is 0 Å². The Morgan fingerprint density at radius 2 is 1.35 bits per heavy atom. The minimum atomic E-state index is -1.95. The summed E-state index contributed by atoms with van der Waals surface area (Å²) in [5, 5.41) is 136. The fourth-order valence-electron chi connectivity index (χ4n) is 7.48. The molecular formula is C41H56O24. The molecule has 13 N–H and O–H groups in total. The van der Waals surface area contributed by atoms with Crippen LogP contribution in [0.3, 0.4) is 0 Å². The number of rotatable bonds is 16. The maximum Gasteiger partial charge on any atom is 0.331 e. The van der Waals surface area contributed by atoms with Crippen molar-refractivity contribution in [3.8, 4) is 23.0 Å². The Balaban J connectivity index is 1.33. The van der Waals surface area contributed by atoms with Crippen LogP contribution in [0.2, 0.25) is 0 Å². The summed E-state index contributed by atoms with van der Waals surface area (Å²) < 4.78 is 57.7. The number of carbonyl (C=O) groups is 1. The molecule has 0 aliphatic carbocycles. The standard InChI is InChI=1S/C41H56O24/c1-16-27(48)31(52)37(65-39-32(53)28(49)22(46)14-58-39)41(60-16)64-36-34(55)40(57-10-9-18-3-6-19(43)21(45)11-18)62-25(15-59-38-33(54)30(51)29(50)24(13-42)61-38)35(36)63-26(47)8-5-17-4-7-20(44)23(12-17)56-2/h3-8,11-12,16,22,24-25,27-46,48-55H,9-10,13-15H2,1-2H3/b8-5+/t16-,22+,24+,25+,27-,28-,29+,30-,31+,32+,33+,34+,35+,36+,37-,38+,39-,40+,41+/m1/s1. The lowest BCUT2D eigenvalue weighted by atomic mass is 9.96. The third kappa shape index (κ3) is 11.8. The summed E-state index contributed by atoms with van der Waals surface area (Å²) in [4.78, 5) is 13.7.